The lowest BCUT2D eigenvalue weighted by molar-refractivity contribution is 0.218. The van der Waals surface area contributed by atoms with E-state index in [4.69, 9.17) is 0 Å². The molecular formula is C14H16N2O. The first kappa shape index (κ1) is 11.7. The monoisotopic (exact) mass is 228 g/mol. The average molecular weight is 228 g/mol. The van der Waals surface area contributed by atoms with Crippen LogP contribution in [0.4, 0.5) is 0 Å². The van der Waals surface area contributed by atoms with Crippen LogP contribution in [0.1, 0.15) is 34.2 Å². The third-order valence-electron chi connectivity index (χ3n) is 2.92. The summed E-state index contributed by atoms with van der Waals surface area (Å²) in [5, 5.41) is 18.4. The highest BCUT2D eigenvalue weighted by Gasteiger charge is 2.15. The Morgan fingerprint density at radius 3 is 2.41 bits per heavy atom. The van der Waals surface area contributed by atoms with Gasteiger partial charge in [-0.2, -0.15) is 10.2 Å². The van der Waals surface area contributed by atoms with Gasteiger partial charge in [-0.3, -0.25) is 0 Å². The predicted octanol–water partition coefficient (Wildman–Crippen LogP) is 2.48. The molecule has 0 bridgehead atoms. The van der Waals surface area contributed by atoms with E-state index in [1.807, 2.05) is 51.1 Å². The quantitative estimate of drug-likeness (QED) is 0.859. The van der Waals surface area contributed by atoms with Gasteiger partial charge in [0.15, 0.2) is 0 Å². The van der Waals surface area contributed by atoms with Gasteiger partial charge in [-0.1, -0.05) is 24.3 Å². The van der Waals surface area contributed by atoms with E-state index >= 15 is 0 Å². The predicted molar refractivity (Wildman–Crippen MR) is 66.7 cm³/mol. The fourth-order valence-corrected chi connectivity index (χ4v) is 1.91. The van der Waals surface area contributed by atoms with Gasteiger partial charge >= 0.3 is 0 Å². The van der Waals surface area contributed by atoms with Gasteiger partial charge in [0.2, 0.25) is 0 Å². The van der Waals surface area contributed by atoms with Crippen molar-refractivity contribution in [1.82, 2.24) is 10.2 Å². The van der Waals surface area contributed by atoms with E-state index in [-0.39, 0.29) is 0 Å². The lowest BCUT2D eigenvalue weighted by Gasteiger charge is -2.15. The number of hydrogen-bond donors (Lipinski definition) is 1. The highest BCUT2D eigenvalue weighted by atomic mass is 16.3. The van der Waals surface area contributed by atoms with Crippen LogP contribution < -0.4 is 0 Å². The molecule has 1 atom stereocenters. The molecule has 0 spiro atoms. The summed E-state index contributed by atoms with van der Waals surface area (Å²) in [6.45, 7) is 5.74. The van der Waals surface area contributed by atoms with Gasteiger partial charge in [-0.15, -0.1) is 0 Å². The Hall–Kier alpha value is -1.74. The van der Waals surface area contributed by atoms with Crippen molar-refractivity contribution in [2.75, 3.05) is 0 Å². The van der Waals surface area contributed by atoms with Gasteiger partial charge in [0.1, 0.15) is 6.10 Å². The molecule has 1 unspecified atom stereocenters. The molecule has 1 N–H and O–H groups in total. The third-order valence-corrected chi connectivity index (χ3v) is 2.92. The highest BCUT2D eigenvalue weighted by molar-refractivity contribution is 5.36. The van der Waals surface area contributed by atoms with E-state index in [1.54, 1.807) is 0 Å². The molecule has 0 saturated carbocycles. The summed E-state index contributed by atoms with van der Waals surface area (Å²) >= 11 is 0. The lowest BCUT2D eigenvalue weighted by atomic mass is 9.97. The Morgan fingerprint density at radius 2 is 1.71 bits per heavy atom. The second-order valence-electron chi connectivity index (χ2n) is 4.29. The summed E-state index contributed by atoms with van der Waals surface area (Å²) in [7, 11) is 0. The fraction of sp³-hybridized carbons (Fsp3) is 0.286. The maximum Gasteiger partial charge on any atom is 0.106 e. The molecule has 17 heavy (non-hydrogen) atoms. The van der Waals surface area contributed by atoms with E-state index in [9.17, 15) is 5.11 Å². The van der Waals surface area contributed by atoms with Crippen molar-refractivity contribution in [2.24, 2.45) is 0 Å². The number of rotatable bonds is 2. The van der Waals surface area contributed by atoms with Gasteiger partial charge in [-0.05, 0) is 38.0 Å². The topological polar surface area (TPSA) is 46.0 Å². The largest absolute Gasteiger partial charge is 0.384 e. The number of aliphatic hydroxyl groups excluding tert-OH is 1. The minimum absolute atomic E-state index is 0.634. The van der Waals surface area contributed by atoms with E-state index in [0.717, 1.165) is 28.1 Å². The fourth-order valence-electron chi connectivity index (χ4n) is 1.91. The van der Waals surface area contributed by atoms with Crippen LogP contribution in [0, 0.1) is 20.8 Å². The molecular weight excluding hydrogens is 212 g/mol. The molecule has 1 aromatic heterocycles. The van der Waals surface area contributed by atoms with Gasteiger partial charge < -0.3 is 5.11 Å². The zero-order chi connectivity index (χ0) is 12.4. The summed E-state index contributed by atoms with van der Waals surface area (Å²) in [6, 6.07) is 9.72. The van der Waals surface area contributed by atoms with Gasteiger partial charge in [0, 0.05) is 5.56 Å². The molecule has 3 heteroatoms. The van der Waals surface area contributed by atoms with Crippen molar-refractivity contribution in [3.63, 3.8) is 0 Å². The molecule has 1 heterocycles. The molecule has 0 radical (unpaired) electrons. The second-order valence-corrected chi connectivity index (χ2v) is 4.29. The van der Waals surface area contributed by atoms with Crippen LogP contribution in [0.3, 0.4) is 0 Å². The molecule has 0 amide bonds. The first-order chi connectivity index (χ1) is 8.09. The molecule has 88 valence electrons. The number of aromatic nitrogens is 2. The van der Waals surface area contributed by atoms with E-state index in [2.05, 4.69) is 10.2 Å². The number of nitrogens with zero attached hydrogens (tertiary/aromatic N) is 2. The van der Waals surface area contributed by atoms with Crippen molar-refractivity contribution in [2.45, 2.75) is 26.9 Å². The number of benzene rings is 1. The SMILES string of the molecule is Cc1cc(C(O)c2ccccc2C)c(C)nn1. The van der Waals surface area contributed by atoms with Crippen molar-refractivity contribution >= 4 is 0 Å². The molecule has 0 aliphatic carbocycles. The van der Waals surface area contributed by atoms with Crippen molar-refractivity contribution < 1.29 is 5.11 Å². The molecule has 0 aliphatic rings. The molecule has 0 saturated heterocycles. The number of aryl methyl sites for hydroxylation is 3. The Kier molecular flexibility index (Phi) is 3.20. The molecule has 0 aliphatic heterocycles. The zero-order valence-corrected chi connectivity index (χ0v) is 10.3. The first-order valence-electron chi connectivity index (χ1n) is 5.64. The number of hydrogen-bond acceptors (Lipinski definition) is 3. The normalized spacial score (nSPS) is 12.5. The molecule has 0 fully saturated rings. The van der Waals surface area contributed by atoms with Crippen LogP contribution in [-0.2, 0) is 0 Å². The standard InChI is InChI=1S/C14H16N2O/c1-9-6-4-5-7-12(9)14(17)13-8-10(2)15-16-11(13)3/h4-8,14,17H,1-3H3. The second kappa shape index (κ2) is 4.63. The van der Waals surface area contributed by atoms with Crippen LogP contribution in [0.15, 0.2) is 30.3 Å². The molecule has 3 nitrogen and oxygen atoms in total. The zero-order valence-electron chi connectivity index (χ0n) is 10.3. The summed E-state index contributed by atoms with van der Waals surface area (Å²) in [5.41, 5.74) is 4.41. The Labute approximate surface area is 101 Å². The minimum Gasteiger partial charge on any atom is -0.384 e. The van der Waals surface area contributed by atoms with Crippen LogP contribution in [0.5, 0.6) is 0 Å². The lowest BCUT2D eigenvalue weighted by Crippen LogP contribution is -2.07. The highest BCUT2D eigenvalue weighted by Crippen LogP contribution is 2.26. The summed E-state index contributed by atoms with van der Waals surface area (Å²) in [4.78, 5) is 0. The average Bonchev–Trinajstić information content (AvgIpc) is 2.32. The van der Waals surface area contributed by atoms with Crippen LogP contribution >= 0.6 is 0 Å². The van der Waals surface area contributed by atoms with Gasteiger partial charge in [0.05, 0.1) is 11.4 Å². The maximum absolute atomic E-state index is 10.4. The Balaban J connectivity index is 2.47. The van der Waals surface area contributed by atoms with Crippen LogP contribution in [0.2, 0.25) is 0 Å². The summed E-state index contributed by atoms with van der Waals surface area (Å²) in [6.07, 6.45) is -0.634. The van der Waals surface area contributed by atoms with Crippen molar-refractivity contribution in [3.8, 4) is 0 Å². The van der Waals surface area contributed by atoms with Gasteiger partial charge in [-0.25, -0.2) is 0 Å². The molecule has 1 aromatic carbocycles. The smallest absolute Gasteiger partial charge is 0.106 e. The third kappa shape index (κ3) is 2.34. The minimum atomic E-state index is -0.634. The molecule has 2 aromatic rings. The molecule has 2 rings (SSSR count). The Morgan fingerprint density at radius 1 is 1.00 bits per heavy atom. The number of aliphatic hydroxyl groups is 1. The van der Waals surface area contributed by atoms with Crippen molar-refractivity contribution in [1.29, 1.82) is 0 Å². The Bertz CT molecular complexity index is 537. The first-order valence-corrected chi connectivity index (χ1v) is 5.64. The maximum atomic E-state index is 10.4. The van der Waals surface area contributed by atoms with E-state index in [1.165, 1.54) is 0 Å². The summed E-state index contributed by atoms with van der Waals surface area (Å²) < 4.78 is 0. The van der Waals surface area contributed by atoms with Crippen LogP contribution in [0.25, 0.3) is 0 Å². The van der Waals surface area contributed by atoms with Crippen molar-refractivity contribution in [3.05, 3.63) is 58.4 Å². The van der Waals surface area contributed by atoms with Gasteiger partial charge in [0.25, 0.3) is 0 Å². The van der Waals surface area contributed by atoms with E-state index < -0.39 is 6.10 Å². The van der Waals surface area contributed by atoms with Crippen LogP contribution in [-0.4, -0.2) is 15.3 Å². The summed E-state index contributed by atoms with van der Waals surface area (Å²) in [5.74, 6) is 0. The van der Waals surface area contributed by atoms with E-state index in [0.29, 0.717) is 0 Å².